The third-order valence-corrected chi connectivity index (χ3v) is 21.2. The van der Waals surface area contributed by atoms with Crippen LogP contribution in [0.2, 0.25) is 35.3 Å². The van der Waals surface area contributed by atoms with Gasteiger partial charge in [0, 0.05) is 13.2 Å². The molecule has 29 heavy (non-hydrogen) atoms. The second-order valence-electron chi connectivity index (χ2n) is 12.7. The molecule has 0 aromatic rings. The first-order chi connectivity index (χ1) is 13.3. The second kappa shape index (κ2) is 9.44. The molecule has 6 atom stereocenters. The summed E-state index contributed by atoms with van der Waals surface area (Å²) in [5, 5.41) is 18.9. The molecule has 2 aliphatic rings. The van der Waals surface area contributed by atoms with Gasteiger partial charge < -0.3 is 14.3 Å². The highest BCUT2D eigenvalue weighted by molar-refractivity contribution is 6.88. The zero-order valence-corrected chi connectivity index (χ0v) is 22.7. The van der Waals surface area contributed by atoms with E-state index in [4.69, 9.17) is 4.12 Å². The van der Waals surface area contributed by atoms with Gasteiger partial charge in [-0.25, -0.2) is 0 Å². The molecular weight excluding hydrogens is 392 g/mol. The standard InChI is InChI=1S/C24H50O3Si2/c1-23(2,3)28(7,15-11-21-17-19(21)9-13-25)27-29(8,24(4,5)6)16-12-22-18-20(22)10-14-26/h19-22,25-26H,9-18H2,1-8H3. The third-order valence-electron chi connectivity index (χ3n) is 8.75. The fourth-order valence-corrected chi connectivity index (χ4v) is 15.5. The first-order valence-corrected chi connectivity index (χ1v) is 17.4. The largest absolute Gasteiger partial charge is 0.454 e. The van der Waals surface area contributed by atoms with Crippen molar-refractivity contribution in [2.75, 3.05) is 13.2 Å². The van der Waals surface area contributed by atoms with Gasteiger partial charge in [-0.3, -0.25) is 0 Å². The fraction of sp³-hybridized carbons (Fsp3) is 1.00. The van der Waals surface area contributed by atoms with E-state index in [1.54, 1.807) is 0 Å². The molecule has 3 nitrogen and oxygen atoms in total. The number of hydrogen-bond donors (Lipinski definition) is 2. The summed E-state index contributed by atoms with van der Waals surface area (Å²) in [6.07, 6.45) is 7.20. The molecule has 0 amide bonds. The molecule has 0 saturated heterocycles. The quantitative estimate of drug-likeness (QED) is 0.336. The molecule has 0 aliphatic heterocycles. The lowest BCUT2D eigenvalue weighted by atomic mass is 10.2. The van der Waals surface area contributed by atoms with E-state index in [9.17, 15) is 10.2 Å². The van der Waals surface area contributed by atoms with Gasteiger partial charge in [0.25, 0.3) is 0 Å². The topological polar surface area (TPSA) is 49.7 Å². The molecule has 2 aliphatic carbocycles. The average molecular weight is 443 g/mol. The lowest BCUT2D eigenvalue weighted by Gasteiger charge is -2.50. The lowest BCUT2D eigenvalue weighted by Crippen LogP contribution is -2.57. The van der Waals surface area contributed by atoms with Crippen molar-refractivity contribution in [1.82, 2.24) is 0 Å². The van der Waals surface area contributed by atoms with E-state index < -0.39 is 16.6 Å². The van der Waals surface area contributed by atoms with Gasteiger partial charge >= 0.3 is 0 Å². The van der Waals surface area contributed by atoms with Crippen LogP contribution in [-0.2, 0) is 4.12 Å². The minimum absolute atomic E-state index is 0.243. The van der Waals surface area contributed by atoms with Crippen molar-refractivity contribution in [1.29, 1.82) is 0 Å². The lowest BCUT2D eigenvalue weighted by molar-refractivity contribution is 0.276. The van der Waals surface area contributed by atoms with Gasteiger partial charge in [-0.2, -0.15) is 0 Å². The fourth-order valence-electron chi connectivity index (χ4n) is 4.94. The van der Waals surface area contributed by atoms with Gasteiger partial charge in [0.2, 0.25) is 0 Å². The van der Waals surface area contributed by atoms with Crippen LogP contribution in [0.5, 0.6) is 0 Å². The molecule has 5 heteroatoms. The Morgan fingerprint density at radius 2 is 0.966 bits per heavy atom. The highest BCUT2D eigenvalue weighted by Gasteiger charge is 2.53. The summed E-state index contributed by atoms with van der Waals surface area (Å²) in [7, 11) is -3.79. The molecule has 2 N–H and O–H groups in total. The molecule has 2 rings (SSSR count). The van der Waals surface area contributed by atoms with Crippen LogP contribution in [0, 0.1) is 23.7 Å². The van der Waals surface area contributed by atoms with Crippen molar-refractivity contribution in [2.24, 2.45) is 23.7 Å². The predicted octanol–water partition coefficient (Wildman–Crippen LogP) is 6.57. The molecule has 0 aromatic carbocycles. The summed E-state index contributed by atoms with van der Waals surface area (Å²) in [5.74, 6) is 3.19. The highest BCUT2D eigenvalue weighted by atomic mass is 28.4. The Labute approximate surface area is 183 Å². The molecule has 0 radical (unpaired) electrons. The van der Waals surface area contributed by atoms with Crippen molar-refractivity contribution in [3.63, 3.8) is 0 Å². The monoisotopic (exact) mass is 442 g/mol. The van der Waals surface area contributed by atoms with Crippen LogP contribution in [0.1, 0.15) is 80.1 Å². The van der Waals surface area contributed by atoms with Crippen LogP contribution in [0.3, 0.4) is 0 Å². The van der Waals surface area contributed by atoms with Crippen LogP contribution >= 0.6 is 0 Å². The first kappa shape index (κ1) is 25.6. The summed E-state index contributed by atoms with van der Waals surface area (Å²) in [5.41, 5.74) is 0. The molecule has 0 aromatic heterocycles. The maximum Gasteiger partial charge on any atom is 0.182 e. The van der Waals surface area contributed by atoms with Gasteiger partial charge in [0.05, 0.1) is 0 Å². The smallest absolute Gasteiger partial charge is 0.182 e. The van der Waals surface area contributed by atoms with Crippen molar-refractivity contribution in [2.45, 2.75) is 115 Å². The first-order valence-electron chi connectivity index (χ1n) is 12.2. The summed E-state index contributed by atoms with van der Waals surface area (Å²) in [6, 6.07) is 2.52. The molecule has 172 valence electrons. The summed E-state index contributed by atoms with van der Waals surface area (Å²) in [4.78, 5) is 0. The molecular formula is C24H50O3Si2. The van der Waals surface area contributed by atoms with Crippen LogP contribution in [-0.4, -0.2) is 40.1 Å². The molecule has 0 bridgehead atoms. The van der Waals surface area contributed by atoms with Gasteiger partial charge in [0.15, 0.2) is 16.6 Å². The third kappa shape index (κ3) is 6.65. The van der Waals surface area contributed by atoms with Crippen LogP contribution < -0.4 is 0 Å². The van der Waals surface area contributed by atoms with Crippen molar-refractivity contribution in [3.05, 3.63) is 0 Å². The highest BCUT2D eigenvalue weighted by Crippen LogP contribution is 2.53. The molecule has 2 fully saturated rings. The van der Waals surface area contributed by atoms with E-state index in [1.807, 2.05) is 0 Å². The van der Waals surface area contributed by atoms with E-state index in [1.165, 1.54) is 37.8 Å². The number of aliphatic hydroxyl groups excluding tert-OH is 2. The Balaban J connectivity index is 2.05. The Hall–Kier alpha value is 0.314. The molecule has 6 unspecified atom stereocenters. The maximum atomic E-state index is 9.23. The van der Waals surface area contributed by atoms with Crippen molar-refractivity contribution >= 4 is 16.6 Å². The van der Waals surface area contributed by atoms with E-state index in [0.717, 1.165) is 36.5 Å². The number of aliphatic hydroxyl groups is 2. The van der Waals surface area contributed by atoms with E-state index in [-0.39, 0.29) is 10.1 Å². The van der Waals surface area contributed by atoms with Crippen molar-refractivity contribution in [3.8, 4) is 0 Å². The molecule has 2 saturated carbocycles. The summed E-state index contributed by atoms with van der Waals surface area (Å²) < 4.78 is 7.48. The normalized spacial score (nSPS) is 31.2. The average Bonchev–Trinajstić information content (AvgIpc) is 3.47. The summed E-state index contributed by atoms with van der Waals surface area (Å²) >= 11 is 0. The predicted molar refractivity (Wildman–Crippen MR) is 129 cm³/mol. The minimum atomic E-state index is -1.90. The minimum Gasteiger partial charge on any atom is -0.454 e. The second-order valence-corrected chi connectivity index (χ2v) is 22.4. The number of hydrogen-bond acceptors (Lipinski definition) is 3. The molecule has 0 spiro atoms. The van der Waals surface area contributed by atoms with Crippen LogP contribution in [0.4, 0.5) is 0 Å². The Kier molecular flexibility index (Phi) is 8.32. The van der Waals surface area contributed by atoms with E-state index >= 15 is 0 Å². The van der Waals surface area contributed by atoms with Gasteiger partial charge in [-0.05, 0) is 84.6 Å². The SMILES string of the molecule is CC(C)(C)[Si](C)(CCC1CC1CCO)O[Si](C)(CCC1CC1CCO)C(C)(C)C. The Morgan fingerprint density at radius 3 is 1.24 bits per heavy atom. The van der Waals surface area contributed by atoms with Gasteiger partial charge in [-0.1, -0.05) is 54.4 Å². The van der Waals surface area contributed by atoms with Crippen molar-refractivity contribution < 1.29 is 14.3 Å². The van der Waals surface area contributed by atoms with E-state index in [0.29, 0.717) is 13.2 Å². The van der Waals surface area contributed by atoms with Gasteiger partial charge in [-0.15, -0.1) is 0 Å². The van der Waals surface area contributed by atoms with Crippen LogP contribution in [0.15, 0.2) is 0 Å². The maximum absolute atomic E-state index is 9.23. The van der Waals surface area contributed by atoms with E-state index in [2.05, 4.69) is 54.6 Å². The zero-order chi connectivity index (χ0) is 22.1. The van der Waals surface area contributed by atoms with Crippen LogP contribution in [0.25, 0.3) is 0 Å². The molecule has 0 heterocycles. The Morgan fingerprint density at radius 1 is 0.655 bits per heavy atom. The number of rotatable bonds is 12. The Bertz CT molecular complexity index is 481. The summed E-state index contributed by atoms with van der Waals surface area (Å²) in [6.45, 7) is 20.2. The zero-order valence-electron chi connectivity index (χ0n) is 20.7. The van der Waals surface area contributed by atoms with Gasteiger partial charge in [0.1, 0.15) is 0 Å².